The van der Waals surface area contributed by atoms with E-state index in [2.05, 4.69) is 10.6 Å². The molecule has 1 aliphatic rings. The zero-order valence-electron chi connectivity index (χ0n) is 14.2. The maximum atomic E-state index is 12.3. The van der Waals surface area contributed by atoms with E-state index in [1.165, 1.54) is 0 Å². The minimum absolute atomic E-state index is 0. The Labute approximate surface area is 139 Å². The van der Waals surface area contributed by atoms with Crippen LogP contribution in [0.4, 0.5) is 0 Å². The van der Waals surface area contributed by atoms with Gasteiger partial charge in [0.1, 0.15) is 5.54 Å². The Morgan fingerprint density at radius 1 is 1.27 bits per heavy atom. The zero-order valence-corrected chi connectivity index (χ0v) is 15.0. The van der Waals surface area contributed by atoms with Crippen LogP contribution in [0.3, 0.4) is 0 Å². The van der Waals surface area contributed by atoms with Crippen molar-refractivity contribution in [2.45, 2.75) is 52.7 Å². The molecule has 0 radical (unpaired) electrons. The highest BCUT2D eigenvalue weighted by Gasteiger charge is 2.62. The highest BCUT2D eigenvalue weighted by Crippen LogP contribution is 2.49. The first-order valence-electron chi connectivity index (χ1n) is 7.63. The second kappa shape index (κ2) is 8.13. The predicted octanol–water partition coefficient (Wildman–Crippen LogP) is 0.829. The van der Waals surface area contributed by atoms with Crippen LogP contribution >= 0.6 is 12.4 Å². The van der Waals surface area contributed by atoms with Gasteiger partial charge in [-0.25, -0.2) is 0 Å². The van der Waals surface area contributed by atoms with Gasteiger partial charge in [-0.1, -0.05) is 27.7 Å². The molecule has 1 saturated carbocycles. The molecule has 2 amide bonds. The lowest BCUT2D eigenvalue weighted by molar-refractivity contribution is -0.170. The van der Waals surface area contributed by atoms with Gasteiger partial charge >= 0.3 is 0 Å². The second-order valence-electron chi connectivity index (χ2n) is 6.54. The van der Waals surface area contributed by atoms with Crippen molar-refractivity contribution in [3.05, 3.63) is 0 Å². The Balaban J connectivity index is 0.00000441. The van der Waals surface area contributed by atoms with Gasteiger partial charge in [0.15, 0.2) is 0 Å². The molecular formula is C15H30ClN3O3. The summed E-state index contributed by atoms with van der Waals surface area (Å²) in [6.07, 6.45) is 0.539. The number of nitrogens with two attached hydrogens (primary N) is 1. The molecule has 1 aliphatic carbocycles. The molecule has 0 heterocycles. The Kier molecular flexibility index (Phi) is 7.81. The molecule has 0 aromatic heterocycles. The molecule has 0 aliphatic heterocycles. The van der Waals surface area contributed by atoms with Crippen molar-refractivity contribution in [1.82, 2.24) is 10.6 Å². The zero-order chi connectivity index (χ0) is 16.3. The summed E-state index contributed by atoms with van der Waals surface area (Å²) in [5.74, 6) is -0.256. The summed E-state index contributed by atoms with van der Waals surface area (Å²) in [5.41, 5.74) is 4.95. The first kappa shape index (κ1) is 21.1. The normalized spacial score (nSPS) is 25.9. The van der Waals surface area contributed by atoms with Crippen LogP contribution in [0.15, 0.2) is 0 Å². The largest absolute Gasteiger partial charge is 0.378 e. The van der Waals surface area contributed by atoms with Gasteiger partial charge in [-0.15, -0.1) is 12.4 Å². The molecule has 0 bridgehead atoms. The van der Waals surface area contributed by atoms with Gasteiger partial charge in [0.05, 0.1) is 6.10 Å². The third kappa shape index (κ3) is 4.12. The number of carbonyl (C=O) groups excluding carboxylic acids is 2. The van der Waals surface area contributed by atoms with Crippen LogP contribution in [0.5, 0.6) is 0 Å². The molecule has 2 unspecified atom stereocenters. The van der Waals surface area contributed by atoms with Gasteiger partial charge in [-0.2, -0.15) is 0 Å². The van der Waals surface area contributed by atoms with E-state index in [0.717, 1.165) is 0 Å². The van der Waals surface area contributed by atoms with Crippen molar-refractivity contribution in [2.75, 3.05) is 19.7 Å². The Morgan fingerprint density at radius 2 is 1.82 bits per heavy atom. The van der Waals surface area contributed by atoms with Gasteiger partial charge in [0.25, 0.3) is 0 Å². The highest BCUT2D eigenvalue weighted by molar-refractivity contribution is 5.88. The lowest BCUT2D eigenvalue weighted by Gasteiger charge is -2.57. The van der Waals surface area contributed by atoms with Crippen LogP contribution in [0.2, 0.25) is 0 Å². The number of rotatable bonds is 7. The minimum Gasteiger partial charge on any atom is -0.378 e. The molecule has 22 heavy (non-hydrogen) atoms. The van der Waals surface area contributed by atoms with Crippen LogP contribution in [0.25, 0.3) is 0 Å². The molecule has 2 atom stereocenters. The van der Waals surface area contributed by atoms with Gasteiger partial charge in [0.2, 0.25) is 11.8 Å². The molecular weight excluding hydrogens is 306 g/mol. The number of amides is 2. The minimum atomic E-state index is -0.908. The van der Waals surface area contributed by atoms with Crippen molar-refractivity contribution in [2.24, 2.45) is 17.1 Å². The van der Waals surface area contributed by atoms with E-state index in [0.29, 0.717) is 26.1 Å². The van der Waals surface area contributed by atoms with Crippen LogP contribution in [-0.4, -0.2) is 43.2 Å². The monoisotopic (exact) mass is 335 g/mol. The molecule has 7 heteroatoms. The maximum Gasteiger partial charge on any atom is 0.240 e. The molecule has 0 saturated heterocycles. The fraction of sp³-hybridized carbons (Fsp3) is 0.867. The number of ether oxygens (including phenoxy) is 1. The summed E-state index contributed by atoms with van der Waals surface area (Å²) < 4.78 is 5.61. The van der Waals surface area contributed by atoms with E-state index >= 15 is 0 Å². The maximum absolute atomic E-state index is 12.3. The van der Waals surface area contributed by atoms with E-state index in [9.17, 15) is 9.59 Å². The quantitative estimate of drug-likeness (QED) is 0.601. The number of halogens is 1. The summed E-state index contributed by atoms with van der Waals surface area (Å²) in [4.78, 5) is 23.7. The highest BCUT2D eigenvalue weighted by atomic mass is 35.5. The van der Waals surface area contributed by atoms with Crippen LogP contribution in [0.1, 0.15) is 41.0 Å². The van der Waals surface area contributed by atoms with Crippen molar-refractivity contribution in [3.8, 4) is 0 Å². The molecule has 1 rings (SSSR count). The van der Waals surface area contributed by atoms with Crippen molar-refractivity contribution < 1.29 is 14.3 Å². The van der Waals surface area contributed by atoms with E-state index in [4.69, 9.17) is 10.5 Å². The lowest BCUT2D eigenvalue weighted by Crippen LogP contribution is -2.75. The second-order valence-corrected chi connectivity index (χ2v) is 6.54. The molecule has 130 valence electrons. The average molecular weight is 336 g/mol. The first-order valence-corrected chi connectivity index (χ1v) is 7.63. The van der Waals surface area contributed by atoms with Gasteiger partial charge < -0.3 is 21.1 Å². The van der Waals surface area contributed by atoms with E-state index < -0.39 is 11.0 Å². The van der Waals surface area contributed by atoms with E-state index in [1.807, 2.05) is 34.6 Å². The van der Waals surface area contributed by atoms with Gasteiger partial charge in [0, 0.05) is 37.5 Å². The summed E-state index contributed by atoms with van der Waals surface area (Å²) in [6.45, 7) is 10.9. The Hall–Kier alpha value is -0.850. The van der Waals surface area contributed by atoms with E-state index in [-0.39, 0.29) is 36.2 Å². The topological polar surface area (TPSA) is 93.4 Å². The van der Waals surface area contributed by atoms with Crippen molar-refractivity contribution in [3.63, 3.8) is 0 Å². The summed E-state index contributed by atoms with van der Waals surface area (Å²) in [5, 5.41) is 5.56. The molecule has 0 aromatic carbocycles. The van der Waals surface area contributed by atoms with Crippen LogP contribution in [0, 0.1) is 11.3 Å². The third-order valence-corrected chi connectivity index (χ3v) is 4.47. The summed E-state index contributed by atoms with van der Waals surface area (Å²) in [7, 11) is 0. The third-order valence-electron chi connectivity index (χ3n) is 4.47. The smallest absolute Gasteiger partial charge is 0.240 e. The lowest BCUT2D eigenvalue weighted by atomic mass is 9.54. The van der Waals surface area contributed by atoms with E-state index in [1.54, 1.807) is 0 Å². The number of hydrogen-bond donors (Lipinski definition) is 3. The fourth-order valence-corrected chi connectivity index (χ4v) is 2.54. The molecule has 4 N–H and O–H groups in total. The number of nitrogens with one attached hydrogen (secondary N) is 2. The predicted molar refractivity (Wildman–Crippen MR) is 88.8 cm³/mol. The van der Waals surface area contributed by atoms with Gasteiger partial charge in [-0.3, -0.25) is 9.59 Å². The van der Waals surface area contributed by atoms with Crippen molar-refractivity contribution >= 4 is 24.2 Å². The molecule has 0 aromatic rings. The molecule has 6 nitrogen and oxygen atoms in total. The Bertz CT molecular complexity index is 401. The standard InChI is InChI=1S/C15H29N3O3.ClH/c1-6-21-11-9-15(16,14(11,4)5)13(20)18-8-7-17-12(19)10(2)3;/h10-11H,6-9,16H2,1-5H3,(H,17,19)(H,18,20);1H. The summed E-state index contributed by atoms with van der Waals surface area (Å²) >= 11 is 0. The SMILES string of the molecule is CCOC1CC(N)(C(=O)NCCNC(=O)C(C)C)C1(C)C.Cl. The summed E-state index contributed by atoms with van der Waals surface area (Å²) in [6, 6.07) is 0. The van der Waals surface area contributed by atoms with Crippen LogP contribution < -0.4 is 16.4 Å². The number of carbonyl (C=O) groups is 2. The average Bonchev–Trinajstić information content (AvgIpc) is 2.42. The molecule has 0 spiro atoms. The fourth-order valence-electron chi connectivity index (χ4n) is 2.54. The molecule has 1 fully saturated rings. The van der Waals surface area contributed by atoms with Crippen LogP contribution in [-0.2, 0) is 14.3 Å². The number of hydrogen-bond acceptors (Lipinski definition) is 4. The Morgan fingerprint density at radius 3 is 2.27 bits per heavy atom. The van der Waals surface area contributed by atoms with Crippen molar-refractivity contribution in [1.29, 1.82) is 0 Å². The van der Waals surface area contributed by atoms with Gasteiger partial charge in [-0.05, 0) is 6.92 Å². The first-order chi connectivity index (χ1) is 9.66.